The number of carbonyl (C=O) groups excluding carboxylic acids is 1. The summed E-state index contributed by atoms with van der Waals surface area (Å²) in [4.78, 5) is 14.4. The zero-order valence-electron chi connectivity index (χ0n) is 11.3. The van der Waals surface area contributed by atoms with Crippen LogP contribution in [0.15, 0.2) is 48.5 Å². The number of para-hydroxylation sites is 1. The van der Waals surface area contributed by atoms with Crippen LogP contribution >= 0.6 is 0 Å². The number of hydrogen-bond donors (Lipinski definition) is 0. The number of rotatable bonds is 1. The van der Waals surface area contributed by atoms with Gasteiger partial charge in [-0.3, -0.25) is 4.79 Å². The van der Waals surface area contributed by atoms with Gasteiger partial charge in [-0.2, -0.15) is 0 Å². The number of benzene rings is 2. The number of nitrogens with zero attached hydrogens (tertiary/aromatic N) is 1. The van der Waals surface area contributed by atoms with Crippen LogP contribution in [0, 0.1) is 0 Å². The summed E-state index contributed by atoms with van der Waals surface area (Å²) >= 11 is 0. The Balaban J connectivity index is 2.29. The van der Waals surface area contributed by atoms with Crippen molar-refractivity contribution >= 4 is 11.6 Å². The summed E-state index contributed by atoms with van der Waals surface area (Å²) < 4.78 is 0. The molecule has 96 valence electrons. The van der Waals surface area contributed by atoms with Gasteiger partial charge in [-0.1, -0.05) is 42.5 Å². The Labute approximate surface area is 113 Å². The third-order valence-corrected chi connectivity index (χ3v) is 3.60. The fourth-order valence-electron chi connectivity index (χ4n) is 2.80. The maximum Gasteiger partial charge on any atom is 0.231 e. The van der Waals surface area contributed by atoms with E-state index in [0.29, 0.717) is 6.42 Å². The Hall–Kier alpha value is -2.09. The summed E-state index contributed by atoms with van der Waals surface area (Å²) in [5.74, 6) is 0.174. The molecule has 2 heteroatoms. The maximum atomic E-state index is 12.5. The van der Waals surface area contributed by atoms with E-state index in [4.69, 9.17) is 0 Å². The molecule has 0 unspecified atom stereocenters. The summed E-state index contributed by atoms with van der Waals surface area (Å²) in [6, 6.07) is 16.5. The maximum absolute atomic E-state index is 12.5. The highest BCUT2D eigenvalue weighted by molar-refractivity contribution is 6.02. The molecule has 0 spiro atoms. The lowest BCUT2D eigenvalue weighted by atomic mass is 9.98. The number of fused-ring (bicyclic) bond motifs is 3. The molecule has 0 bridgehead atoms. The Bertz CT molecular complexity index is 631. The molecule has 0 saturated carbocycles. The van der Waals surface area contributed by atoms with Crippen molar-refractivity contribution in [1.82, 2.24) is 0 Å². The predicted molar refractivity (Wildman–Crippen MR) is 78.2 cm³/mol. The third kappa shape index (κ3) is 1.93. The van der Waals surface area contributed by atoms with Crippen molar-refractivity contribution in [2.75, 3.05) is 4.90 Å². The summed E-state index contributed by atoms with van der Waals surface area (Å²) in [6.45, 7) is 4.12. The van der Waals surface area contributed by atoms with E-state index >= 15 is 0 Å². The standard InChI is InChI=1S/C17H17NO/c1-12(2)18-16-10-6-5-9-15(16)14-8-4-3-7-13(14)11-17(18)19/h3-10,12H,11H2,1-2H3. The quantitative estimate of drug-likeness (QED) is 0.757. The molecule has 2 aromatic carbocycles. The molecule has 2 nitrogen and oxygen atoms in total. The molecule has 2 aromatic rings. The van der Waals surface area contributed by atoms with E-state index in [1.807, 2.05) is 41.3 Å². The van der Waals surface area contributed by atoms with Gasteiger partial charge < -0.3 is 4.90 Å². The van der Waals surface area contributed by atoms with E-state index in [9.17, 15) is 4.79 Å². The van der Waals surface area contributed by atoms with E-state index in [1.165, 1.54) is 5.56 Å². The lowest BCUT2D eigenvalue weighted by molar-refractivity contribution is -0.118. The SMILES string of the molecule is CC(C)N1C(=O)Cc2ccccc2-c2ccccc21. The highest BCUT2D eigenvalue weighted by Crippen LogP contribution is 2.37. The molecular formula is C17H17NO. The van der Waals surface area contributed by atoms with Crippen LogP contribution in [0.4, 0.5) is 5.69 Å². The second-order valence-electron chi connectivity index (χ2n) is 5.21. The zero-order chi connectivity index (χ0) is 13.4. The first-order valence-corrected chi connectivity index (χ1v) is 6.68. The molecule has 0 aromatic heterocycles. The van der Waals surface area contributed by atoms with Crippen LogP contribution in [0.3, 0.4) is 0 Å². The number of carbonyl (C=O) groups is 1. The van der Waals surface area contributed by atoms with Crippen LogP contribution in [0.25, 0.3) is 11.1 Å². The first-order valence-electron chi connectivity index (χ1n) is 6.68. The molecule has 1 heterocycles. The van der Waals surface area contributed by atoms with Gasteiger partial charge in [0.15, 0.2) is 0 Å². The lowest BCUT2D eigenvalue weighted by Gasteiger charge is -2.27. The second-order valence-corrected chi connectivity index (χ2v) is 5.21. The molecule has 1 amide bonds. The average molecular weight is 251 g/mol. The van der Waals surface area contributed by atoms with Crippen LogP contribution in [-0.2, 0) is 11.2 Å². The van der Waals surface area contributed by atoms with Gasteiger partial charge in [0.1, 0.15) is 0 Å². The van der Waals surface area contributed by atoms with E-state index in [2.05, 4.69) is 26.0 Å². The molecule has 0 aliphatic carbocycles. The molecule has 0 N–H and O–H groups in total. The van der Waals surface area contributed by atoms with Crippen molar-refractivity contribution in [1.29, 1.82) is 0 Å². The first-order chi connectivity index (χ1) is 9.18. The minimum Gasteiger partial charge on any atom is -0.309 e. The highest BCUT2D eigenvalue weighted by Gasteiger charge is 2.26. The van der Waals surface area contributed by atoms with Crippen LogP contribution in [0.2, 0.25) is 0 Å². The topological polar surface area (TPSA) is 20.3 Å². The van der Waals surface area contributed by atoms with Gasteiger partial charge in [-0.15, -0.1) is 0 Å². The minimum absolute atomic E-state index is 0.169. The van der Waals surface area contributed by atoms with Gasteiger partial charge >= 0.3 is 0 Å². The minimum atomic E-state index is 0.169. The van der Waals surface area contributed by atoms with Gasteiger partial charge in [-0.25, -0.2) is 0 Å². The second kappa shape index (κ2) is 4.54. The van der Waals surface area contributed by atoms with Gasteiger partial charge in [0.25, 0.3) is 0 Å². The van der Waals surface area contributed by atoms with E-state index < -0.39 is 0 Å². The van der Waals surface area contributed by atoms with E-state index in [1.54, 1.807) is 0 Å². The fraction of sp³-hybridized carbons (Fsp3) is 0.235. The van der Waals surface area contributed by atoms with Crippen molar-refractivity contribution in [3.8, 4) is 11.1 Å². The molecule has 3 rings (SSSR count). The van der Waals surface area contributed by atoms with Gasteiger partial charge in [0.05, 0.1) is 12.1 Å². The molecule has 0 radical (unpaired) electrons. The molecule has 0 atom stereocenters. The summed E-state index contributed by atoms with van der Waals surface area (Å²) in [5, 5.41) is 0. The Kier molecular flexibility index (Phi) is 2.86. The monoisotopic (exact) mass is 251 g/mol. The van der Waals surface area contributed by atoms with Crippen LogP contribution in [0.1, 0.15) is 19.4 Å². The highest BCUT2D eigenvalue weighted by atomic mass is 16.2. The number of anilines is 1. The van der Waals surface area contributed by atoms with Crippen LogP contribution in [0.5, 0.6) is 0 Å². The van der Waals surface area contributed by atoms with Crippen LogP contribution in [-0.4, -0.2) is 11.9 Å². The summed E-state index contributed by atoms with van der Waals surface area (Å²) in [6.07, 6.45) is 0.475. The van der Waals surface area contributed by atoms with Gasteiger partial charge in [0, 0.05) is 11.6 Å². The Morgan fingerprint density at radius 1 is 0.947 bits per heavy atom. The van der Waals surface area contributed by atoms with E-state index in [0.717, 1.165) is 16.8 Å². The summed E-state index contributed by atoms with van der Waals surface area (Å²) in [5.41, 5.74) is 4.46. The molecular weight excluding hydrogens is 234 g/mol. The molecule has 1 aliphatic rings. The molecule has 1 aliphatic heterocycles. The Morgan fingerprint density at radius 3 is 2.32 bits per heavy atom. The van der Waals surface area contributed by atoms with Crippen molar-refractivity contribution in [3.63, 3.8) is 0 Å². The normalized spacial score (nSPS) is 14.1. The van der Waals surface area contributed by atoms with Crippen molar-refractivity contribution in [2.24, 2.45) is 0 Å². The molecule has 19 heavy (non-hydrogen) atoms. The van der Waals surface area contributed by atoms with Gasteiger partial charge in [-0.05, 0) is 31.0 Å². The first kappa shape index (κ1) is 12.0. The molecule has 0 fully saturated rings. The summed E-state index contributed by atoms with van der Waals surface area (Å²) in [7, 11) is 0. The predicted octanol–water partition coefficient (Wildman–Crippen LogP) is 3.65. The number of hydrogen-bond acceptors (Lipinski definition) is 1. The molecule has 0 saturated heterocycles. The average Bonchev–Trinajstić information content (AvgIpc) is 2.52. The largest absolute Gasteiger partial charge is 0.309 e. The van der Waals surface area contributed by atoms with Gasteiger partial charge in [0.2, 0.25) is 5.91 Å². The zero-order valence-corrected chi connectivity index (χ0v) is 11.3. The number of amides is 1. The fourth-order valence-corrected chi connectivity index (χ4v) is 2.80. The van der Waals surface area contributed by atoms with Crippen molar-refractivity contribution in [2.45, 2.75) is 26.3 Å². The van der Waals surface area contributed by atoms with E-state index in [-0.39, 0.29) is 11.9 Å². The lowest BCUT2D eigenvalue weighted by Crippen LogP contribution is -2.37. The van der Waals surface area contributed by atoms with Crippen LogP contribution < -0.4 is 4.90 Å². The van der Waals surface area contributed by atoms with Crippen molar-refractivity contribution in [3.05, 3.63) is 54.1 Å². The third-order valence-electron chi connectivity index (χ3n) is 3.60. The smallest absolute Gasteiger partial charge is 0.231 e. The van der Waals surface area contributed by atoms with Crippen molar-refractivity contribution < 1.29 is 4.79 Å². The Morgan fingerprint density at radius 2 is 1.58 bits per heavy atom.